The van der Waals surface area contributed by atoms with Crippen LogP contribution in [-0.4, -0.2) is 20.7 Å². The molecule has 0 aromatic heterocycles. The van der Waals surface area contributed by atoms with Crippen molar-refractivity contribution in [1.29, 1.82) is 0 Å². The van der Waals surface area contributed by atoms with E-state index in [1.54, 1.807) is 6.08 Å². The van der Waals surface area contributed by atoms with E-state index in [9.17, 15) is 4.79 Å². The third-order valence-corrected chi connectivity index (χ3v) is 3.73. The zero-order valence-electron chi connectivity index (χ0n) is 8.57. The minimum atomic E-state index is 0.216. The molecule has 0 atom stereocenters. The number of rotatable bonds is 5. The van der Waals surface area contributed by atoms with Gasteiger partial charge in [0.1, 0.15) is 0 Å². The number of allylic oxidation sites excluding steroid dienone is 1. The summed E-state index contributed by atoms with van der Waals surface area (Å²) in [5.74, 6) is 0.216. The van der Waals surface area contributed by atoms with E-state index in [0.29, 0.717) is 6.42 Å². The summed E-state index contributed by atoms with van der Waals surface area (Å²) in [7, 11) is 0. The topological polar surface area (TPSA) is 17.1 Å². The van der Waals surface area contributed by atoms with Crippen LogP contribution in [0.1, 0.15) is 19.8 Å². The fraction of sp³-hybridized carbons (Fsp3) is 0.250. The molecule has 1 aromatic rings. The van der Waals surface area contributed by atoms with Gasteiger partial charge in [-0.3, -0.25) is 0 Å². The van der Waals surface area contributed by atoms with Crippen molar-refractivity contribution >= 4 is 36.8 Å². The van der Waals surface area contributed by atoms with Crippen LogP contribution in [0.4, 0.5) is 0 Å². The average Bonchev–Trinajstić information content (AvgIpc) is 2.21. The van der Waals surface area contributed by atoms with Crippen molar-refractivity contribution < 1.29 is 4.79 Å². The van der Waals surface area contributed by atoms with Crippen molar-refractivity contribution in [1.82, 2.24) is 0 Å². The van der Waals surface area contributed by atoms with Gasteiger partial charge in [-0.1, -0.05) is 0 Å². The van der Waals surface area contributed by atoms with Gasteiger partial charge in [-0.05, 0) is 0 Å². The molecule has 0 aliphatic carbocycles. The summed E-state index contributed by atoms with van der Waals surface area (Å²) in [6.45, 7) is 2.01. The molecule has 0 fully saturated rings. The molecule has 1 nitrogen and oxygen atoms in total. The zero-order chi connectivity index (χ0) is 11.1. The SMILES string of the molecule is CCCC(=O)/C=C\[Se]c1ccc(Cl)cc1. The molecular weight excluding hydrogens is 275 g/mol. The minimum absolute atomic E-state index is 0.216. The fourth-order valence-electron chi connectivity index (χ4n) is 1.03. The number of ketones is 1. The first-order valence-electron chi connectivity index (χ1n) is 4.84. The summed E-state index contributed by atoms with van der Waals surface area (Å²) in [5.41, 5.74) is 0. The van der Waals surface area contributed by atoms with Crippen molar-refractivity contribution in [2.45, 2.75) is 19.8 Å². The summed E-state index contributed by atoms with van der Waals surface area (Å²) in [4.78, 5) is 13.2. The van der Waals surface area contributed by atoms with Gasteiger partial charge in [0.05, 0.1) is 0 Å². The van der Waals surface area contributed by atoms with Crippen molar-refractivity contribution in [3.63, 3.8) is 0 Å². The quantitative estimate of drug-likeness (QED) is 0.601. The molecule has 0 heterocycles. The van der Waals surface area contributed by atoms with E-state index in [-0.39, 0.29) is 20.7 Å². The summed E-state index contributed by atoms with van der Waals surface area (Å²) < 4.78 is 1.23. The van der Waals surface area contributed by atoms with Crippen LogP contribution in [0.5, 0.6) is 0 Å². The van der Waals surface area contributed by atoms with Gasteiger partial charge in [0, 0.05) is 0 Å². The molecule has 0 aliphatic heterocycles. The summed E-state index contributed by atoms with van der Waals surface area (Å²) >= 11 is 6.00. The molecule has 0 amide bonds. The number of benzene rings is 1. The first kappa shape index (κ1) is 12.5. The molecule has 0 unspecified atom stereocenters. The van der Waals surface area contributed by atoms with Gasteiger partial charge in [-0.2, -0.15) is 0 Å². The van der Waals surface area contributed by atoms with Crippen LogP contribution < -0.4 is 4.46 Å². The molecule has 0 saturated heterocycles. The van der Waals surface area contributed by atoms with Gasteiger partial charge in [-0.25, -0.2) is 0 Å². The van der Waals surface area contributed by atoms with Crippen LogP contribution >= 0.6 is 11.6 Å². The van der Waals surface area contributed by atoms with Crippen LogP contribution in [0.3, 0.4) is 0 Å². The van der Waals surface area contributed by atoms with E-state index >= 15 is 0 Å². The van der Waals surface area contributed by atoms with Gasteiger partial charge in [0.15, 0.2) is 0 Å². The normalized spacial score (nSPS) is 10.8. The summed E-state index contributed by atoms with van der Waals surface area (Å²) in [6, 6.07) is 7.74. The number of hydrogen-bond donors (Lipinski definition) is 0. The predicted molar refractivity (Wildman–Crippen MR) is 65.9 cm³/mol. The average molecular weight is 288 g/mol. The maximum absolute atomic E-state index is 11.2. The van der Waals surface area contributed by atoms with E-state index in [2.05, 4.69) is 0 Å². The third kappa shape index (κ3) is 5.17. The van der Waals surface area contributed by atoms with Crippen LogP contribution in [0.2, 0.25) is 5.02 Å². The second-order valence-corrected chi connectivity index (χ2v) is 5.58. The van der Waals surface area contributed by atoms with Gasteiger partial charge in [-0.15, -0.1) is 0 Å². The van der Waals surface area contributed by atoms with E-state index in [0.717, 1.165) is 11.4 Å². The number of halogens is 1. The van der Waals surface area contributed by atoms with Crippen LogP contribution in [0.25, 0.3) is 0 Å². The van der Waals surface area contributed by atoms with E-state index < -0.39 is 0 Å². The fourth-order valence-corrected chi connectivity index (χ4v) is 2.56. The Morgan fingerprint density at radius 2 is 2.07 bits per heavy atom. The van der Waals surface area contributed by atoms with Gasteiger partial charge in [0.2, 0.25) is 0 Å². The molecule has 0 N–H and O–H groups in total. The van der Waals surface area contributed by atoms with Crippen molar-refractivity contribution in [3.05, 3.63) is 40.3 Å². The first-order chi connectivity index (χ1) is 7.22. The molecule has 0 aliphatic rings. The molecule has 0 spiro atoms. The molecule has 3 heteroatoms. The van der Waals surface area contributed by atoms with E-state index in [4.69, 9.17) is 11.6 Å². The number of hydrogen-bond acceptors (Lipinski definition) is 1. The van der Waals surface area contributed by atoms with Crippen molar-refractivity contribution in [3.8, 4) is 0 Å². The van der Waals surface area contributed by atoms with Gasteiger partial charge < -0.3 is 0 Å². The summed E-state index contributed by atoms with van der Waals surface area (Å²) in [5, 5.41) is 0.751. The van der Waals surface area contributed by atoms with Gasteiger partial charge >= 0.3 is 102 Å². The standard InChI is InChI=1S/C12H13ClOSe/c1-2-3-11(14)8-9-15-12-6-4-10(13)5-7-12/h4-9H,2-3H2,1H3/b9-8-. The van der Waals surface area contributed by atoms with Crippen molar-refractivity contribution in [2.75, 3.05) is 0 Å². The molecule has 0 bridgehead atoms. The maximum atomic E-state index is 11.2. The molecule has 15 heavy (non-hydrogen) atoms. The monoisotopic (exact) mass is 288 g/mol. The Morgan fingerprint density at radius 1 is 1.40 bits per heavy atom. The van der Waals surface area contributed by atoms with Gasteiger partial charge in [0.25, 0.3) is 0 Å². The van der Waals surface area contributed by atoms with Crippen molar-refractivity contribution in [2.24, 2.45) is 0 Å². The third-order valence-electron chi connectivity index (χ3n) is 1.77. The second-order valence-electron chi connectivity index (χ2n) is 3.09. The summed E-state index contributed by atoms with van der Waals surface area (Å²) in [6.07, 6.45) is 3.25. The van der Waals surface area contributed by atoms with Crippen LogP contribution in [0, 0.1) is 0 Å². The first-order valence-corrected chi connectivity index (χ1v) is 7.06. The second kappa shape index (κ2) is 6.84. The molecule has 1 rings (SSSR count). The Kier molecular flexibility index (Phi) is 5.70. The Morgan fingerprint density at radius 3 is 2.67 bits per heavy atom. The Balaban J connectivity index is 2.43. The van der Waals surface area contributed by atoms with Crippen LogP contribution in [-0.2, 0) is 4.79 Å². The van der Waals surface area contributed by atoms with Crippen LogP contribution in [0.15, 0.2) is 35.3 Å². The molecule has 1 aromatic carbocycles. The Labute approximate surface area is 102 Å². The molecule has 0 saturated carbocycles. The van der Waals surface area contributed by atoms with E-state index in [1.165, 1.54) is 4.46 Å². The number of carbonyl (C=O) groups excluding carboxylic acids is 1. The molecular formula is C12H13ClOSe. The zero-order valence-corrected chi connectivity index (χ0v) is 11.0. The molecule has 80 valence electrons. The Bertz CT molecular complexity index is 343. The predicted octanol–water partition coefficient (Wildman–Crippen LogP) is 2.55. The molecule has 0 radical (unpaired) electrons. The Hall–Kier alpha value is -0.561. The van der Waals surface area contributed by atoms with E-state index in [1.807, 2.05) is 36.2 Å². The number of carbonyl (C=O) groups is 1.